The van der Waals surface area contributed by atoms with Gasteiger partial charge in [-0.15, -0.1) is 0 Å². The van der Waals surface area contributed by atoms with Crippen LogP contribution in [0.15, 0.2) is 36.4 Å². The molecule has 15 heavy (non-hydrogen) atoms. The van der Waals surface area contributed by atoms with Gasteiger partial charge >= 0.3 is 5.97 Å². The molecule has 1 atom stereocenters. The van der Waals surface area contributed by atoms with E-state index in [0.29, 0.717) is 6.42 Å². The first-order valence-corrected chi connectivity index (χ1v) is 5.00. The Hall–Kier alpha value is -1.83. The van der Waals surface area contributed by atoms with E-state index in [-0.39, 0.29) is 5.92 Å². The lowest BCUT2D eigenvalue weighted by Crippen LogP contribution is -2.25. The third kappa shape index (κ3) is 1.08. The average molecular weight is 198 g/mol. The zero-order chi connectivity index (χ0) is 10.4. The van der Waals surface area contributed by atoms with Crippen LogP contribution in [0, 0.1) is 0 Å². The zero-order valence-corrected chi connectivity index (χ0v) is 8.10. The molecular weight excluding hydrogens is 188 g/mol. The minimum atomic E-state index is -0.709. The fourth-order valence-electron chi connectivity index (χ4n) is 2.33. The van der Waals surface area contributed by atoms with E-state index >= 15 is 0 Å². The van der Waals surface area contributed by atoms with Crippen LogP contribution in [0.25, 0.3) is 10.8 Å². The summed E-state index contributed by atoms with van der Waals surface area (Å²) in [5.74, 6) is -1.01. The Balaban J connectivity index is 2.30. The van der Waals surface area contributed by atoms with Gasteiger partial charge in [-0.25, -0.2) is 0 Å². The predicted octanol–water partition coefficient (Wildman–Crippen LogP) is 2.56. The largest absolute Gasteiger partial charge is 0.481 e. The van der Waals surface area contributed by atoms with Gasteiger partial charge in [-0.2, -0.15) is 0 Å². The molecule has 0 heterocycles. The van der Waals surface area contributed by atoms with Gasteiger partial charge in [0, 0.05) is 0 Å². The Kier molecular flexibility index (Phi) is 1.60. The minimum absolute atomic E-state index is 0.300. The van der Waals surface area contributed by atoms with Gasteiger partial charge < -0.3 is 5.11 Å². The fourth-order valence-corrected chi connectivity index (χ4v) is 2.33. The van der Waals surface area contributed by atoms with Crippen LogP contribution in [0.1, 0.15) is 17.0 Å². The van der Waals surface area contributed by atoms with E-state index in [9.17, 15) is 4.79 Å². The number of hydrogen-bond donors (Lipinski definition) is 1. The summed E-state index contributed by atoms with van der Waals surface area (Å²) in [4.78, 5) is 11.0. The van der Waals surface area contributed by atoms with Crippen molar-refractivity contribution in [2.45, 2.75) is 12.3 Å². The van der Waals surface area contributed by atoms with E-state index < -0.39 is 5.97 Å². The van der Waals surface area contributed by atoms with E-state index in [1.165, 1.54) is 5.56 Å². The molecule has 1 aliphatic carbocycles. The first kappa shape index (κ1) is 8.48. The normalized spacial score (nSPS) is 18.3. The molecule has 1 N–H and O–H groups in total. The van der Waals surface area contributed by atoms with Crippen LogP contribution >= 0.6 is 0 Å². The summed E-state index contributed by atoms with van der Waals surface area (Å²) in [5, 5.41) is 11.3. The van der Waals surface area contributed by atoms with Gasteiger partial charge in [-0.05, 0) is 28.3 Å². The lowest BCUT2D eigenvalue weighted by molar-refractivity contribution is -0.139. The Morgan fingerprint density at radius 3 is 2.80 bits per heavy atom. The molecule has 0 radical (unpaired) electrons. The lowest BCUT2D eigenvalue weighted by atomic mass is 9.75. The summed E-state index contributed by atoms with van der Waals surface area (Å²) >= 11 is 0. The van der Waals surface area contributed by atoms with Crippen LogP contribution < -0.4 is 0 Å². The number of carboxylic acid groups (broad SMARTS) is 1. The predicted molar refractivity (Wildman–Crippen MR) is 58.0 cm³/mol. The molecule has 74 valence electrons. The second kappa shape index (κ2) is 2.83. The molecule has 0 spiro atoms. The molecule has 2 aromatic rings. The maximum Gasteiger partial charge on any atom is 0.311 e. The molecule has 0 bridgehead atoms. The van der Waals surface area contributed by atoms with E-state index in [4.69, 9.17) is 5.11 Å². The van der Waals surface area contributed by atoms with Crippen molar-refractivity contribution in [1.29, 1.82) is 0 Å². The molecule has 2 nitrogen and oxygen atoms in total. The Morgan fingerprint density at radius 2 is 2.00 bits per heavy atom. The summed E-state index contributed by atoms with van der Waals surface area (Å²) in [5.41, 5.74) is 2.20. The first-order chi connectivity index (χ1) is 7.27. The monoisotopic (exact) mass is 198 g/mol. The number of carbonyl (C=O) groups is 1. The van der Waals surface area contributed by atoms with E-state index in [0.717, 1.165) is 16.3 Å². The van der Waals surface area contributed by atoms with Gasteiger partial charge in [0.05, 0.1) is 5.92 Å². The first-order valence-electron chi connectivity index (χ1n) is 5.00. The van der Waals surface area contributed by atoms with Crippen molar-refractivity contribution in [3.05, 3.63) is 47.5 Å². The Bertz CT molecular complexity index is 557. The van der Waals surface area contributed by atoms with Gasteiger partial charge in [-0.1, -0.05) is 36.4 Å². The van der Waals surface area contributed by atoms with Crippen LogP contribution in [0.3, 0.4) is 0 Å². The number of aliphatic carboxylic acids is 1. The van der Waals surface area contributed by atoms with Crippen molar-refractivity contribution in [3.63, 3.8) is 0 Å². The average Bonchev–Trinajstić information content (AvgIpc) is 2.17. The highest BCUT2D eigenvalue weighted by atomic mass is 16.4. The summed E-state index contributed by atoms with van der Waals surface area (Å²) in [6.45, 7) is 0. The molecule has 2 heteroatoms. The molecule has 1 unspecified atom stereocenters. The molecule has 0 saturated heterocycles. The summed E-state index contributed by atoms with van der Waals surface area (Å²) in [7, 11) is 0. The van der Waals surface area contributed by atoms with Crippen molar-refractivity contribution in [3.8, 4) is 0 Å². The van der Waals surface area contributed by atoms with Gasteiger partial charge in [0.1, 0.15) is 0 Å². The standard InChI is InChI=1S/C13H10O2/c14-13(15)11-7-9-6-5-8-3-1-2-4-10(8)12(9)11/h1-6,11H,7H2,(H,14,15). The third-order valence-electron chi connectivity index (χ3n) is 3.13. The molecule has 3 rings (SSSR count). The molecule has 0 aromatic heterocycles. The summed E-state index contributed by atoms with van der Waals surface area (Å²) in [6, 6.07) is 12.1. The smallest absolute Gasteiger partial charge is 0.311 e. The zero-order valence-electron chi connectivity index (χ0n) is 8.10. The highest BCUT2D eigenvalue weighted by molar-refractivity contribution is 5.94. The van der Waals surface area contributed by atoms with E-state index in [2.05, 4.69) is 6.07 Å². The van der Waals surface area contributed by atoms with Crippen LogP contribution in [-0.2, 0) is 11.2 Å². The van der Waals surface area contributed by atoms with Crippen molar-refractivity contribution >= 4 is 16.7 Å². The molecule has 0 fully saturated rings. The minimum Gasteiger partial charge on any atom is -0.481 e. The highest BCUT2D eigenvalue weighted by Gasteiger charge is 2.33. The van der Waals surface area contributed by atoms with Crippen LogP contribution in [0.4, 0.5) is 0 Å². The number of carboxylic acids is 1. The second-order valence-corrected chi connectivity index (χ2v) is 3.95. The highest BCUT2D eigenvalue weighted by Crippen LogP contribution is 2.40. The summed E-state index contributed by atoms with van der Waals surface area (Å²) in [6.07, 6.45) is 0.676. The lowest BCUT2D eigenvalue weighted by Gasteiger charge is -2.28. The number of rotatable bonds is 1. The van der Waals surface area contributed by atoms with E-state index in [1.807, 2.05) is 30.3 Å². The molecule has 0 saturated carbocycles. The van der Waals surface area contributed by atoms with Crippen molar-refractivity contribution in [1.82, 2.24) is 0 Å². The molecular formula is C13H10O2. The van der Waals surface area contributed by atoms with Crippen LogP contribution in [-0.4, -0.2) is 11.1 Å². The maximum atomic E-state index is 11.0. The van der Waals surface area contributed by atoms with E-state index in [1.54, 1.807) is 0 Å². The molecule has 0 amide bonds. The summed E-state index contributed by atoms with van der Waals surface area (Å²) < 4.78 is 0. The topological polar surface area (TPSA) is 37.3 Å². The molecule has 1 aliphatic rings. The molecule has 2 aromatic carbocycles. The number of benzene rings is 2. The second-order valence-electron chi connectivity index (χ2n) is 3.95. The number of fused-ring (bicyclic) bond motifs is 3. The maximum absolute atomic E-state index is 11.0. The van der Waals surface area contributed by atoms with Gasteiger partial charge in [0.15, 0.2) is 0 Å². The third-order valence-corrected chi connectivity index (χ3v) is 3.13. The molecule has 0 aliphatic heterocycles. The van der Waals surface area contributed by atoms with Gasteiger partial charge in [0.2, 0.25) is 0 Å². The fraction of sp³-hybridized carbons (Fsp3) is 0.154. The quantitative estimate of drug-likeness (QED) is 0.764. The Labute approximate surface area is 87.2 Å². The van der Waals surface area contributed by atoms with Gasteiger partial charge in [-0.3, -0.25) is 4.79 Å². The number of hydrogen-bond acceptors (Lipinski definition) is 1. The van der Waals surface area contributed by atoms with Crippen molar-refractivity contribution < 1.29 is 9.90 Å². The Morgan fingerprint density at radius 1 is 1.20 bits per heavy atom. The van der Waals surface area contributed by atoms with Crippen LogP contribution in [0.5, 0.6) is 0 Å². The van der Waals surface area contributed by atoms with Crippen molar-refractivity contribution in [2.24, 2.45) is 0 Å². The SMILES string of the molecule is O=C(O)C1Cc2ccc3ccccc3c21. The van der Waals surface area contributed by atoms with Crippen LogP contribution in [0.2, 0.25) is 0 Å². The van der Waals surface area contributed by atoms with Gasteiger partial charge in [0.25, 0.3) is 0 Å². The van der Waals surface area contributed by atoms with Crippen molar-refractivity contribution in [2.75, 3.05) is 0 Å².